The monoisotopic (exact) mass is 302 g/mol. The summed E-state index contributed by atoms with van der Waals surface area (Å²) in [4.78, 5) is 0. The van der Waals surface area contributed by atoms with Crippen LogP contribution in [0.25, 0.3) is 0 Å². The van der Waals surface area contributed by atoms with Crippen molar-refractivity contribution >= 4 is 23.8 Å². The van der Waals surface area contributed by atoms with Crippen LogP contribution in [0.15, 0.2) is 11.2 Å². The van der Waals surface area contributed by atoms with Crippen molar-refractivity contribution < 1.29 is 19.4 Å². The second-order valence-electron chi connectivity index (χ2n) is 3.41. The normalized spacial score (nSPS) is 10.2. The number of hydrogen-bond donors (Lipinski definition) is 4. The van der Waals surface area contributed by atoms with Crippen molar-refractivity contribution in [2.75, 3.05) is 21.3 Å². The summed E-state index contributed by atoms with van der Waals surface area (Å²) in [5.41, 5.74) is 4.30. The van der Waals surface area contributed by atoms with E-state index in [0.717, 1.165) is 0 Å². The second-order valence-corrected chi connectivity index (χ2v) is 3.78. The molecule has 0 heterocycles. The van der Waals surface area contributed by atoms with Crippen molar-refractivity contribution in [3.63, 3.8) is 0 Å². The van der Waals surface area contributed by atoms with Crippen LogP contribution in [0.5, 0.6) is 17.2 Å². The number of nitrogens with one attached hydrogen (secondary N) is 3. The van der Waals surface area contributed by atoms with Crippen LogP contribution in [0.3, 0.4) is 0 Å². The quantitative estimate of drug-likeness (QED) is 0.370. The summed E-state index contributed by atoms with van der Waals surface area (Å²) in [6, 6.07) is 1.60. The highest BCUT2D eigenvalue weighted by atomic mass is 35.5. The van der Waals surface area contributed by atoms with E-state index in [2.05, 4.69) is 10.5 Å². The molecule has 0 saturated heterocycles. The van der Waals surface area contributed by atoms with Gasteiger partial charge in [-0.2, -0.15) is 5.10 Å². The summed E-state index contributed by atoms with van der Waals surface area (Å²) in [5, 5.41) is 19.5. The van der Waals surface area contributed by atoms with Gasteiger partial charge in [-0.1, -0.05) is 11.6 Å². The predicted molar refractivity (Wildman–Crippen MR) is 74.5 cm³/mol. The van der Waals surface area contributed by atoms with E-state index >= 15 is 0 Å². The third-order valence-electron chi connectivity index (χ3n) is 2.29. The maximum atomic E-state index is 8.43. The second kappa shape index (κ2) is 7.41. The lowest BCUT2D eigenvalue weighted by molar-refractivity contribution is 0.228. The summed E-state index contributed by atoms with van der Waals surface area (Å²) in [6.45, 7) is 0. The van der Waals surface area contributed by atoms with Crippen molar-refractivity contribution in [1.29, 1.82) is 5.41 Å². The van der Waals surface area contributed by atoms with Gasteiger partial charge in [-0.25, -0.2) is 10.9 Å². The predicted octanol–water partition coefficient (Wildman–Crippen LogP) is 1.20. The Bertz CT molecular complexity index is 522. The molecule has 9 heteroatoms. The SMILES string of the molecule is COc1cc(C=NNC(=N)NO)c(Cl)c(OC)c1OC. The number of rotatable bonds is 5. The summed E-state index contributed by atoms with van der Waals surface area (Å²) >= 11 is 6.17. The van der Waals surface area contributed by atoms with E-state index in [1.54, 1.807) is 11.5 Å². The maximum Gasteiger partial charge on any atom is 0.233 e. The fraction of sp³-hybridized carbons (Fsp3) is 0.273. The Kier molecular flexibility index (Phi) is 5.88. The molecule has 0 unspecified atom stereocenters. The zero-order chi connectivity index (χ0) is 15.1. The molecule has 8 nitrogen and oxygen atoms in total. The molecule has 1 aromatic carbocycles. The van der Waals surface area contributed by atoms with Crippen molar-refractivity contribution in [3.05, 3.63) is 16.7 Å². The zero-order valence-electron chi connectivity index (χ0n) is 11.2. The van der Waals surface area contributed by atoms with Crippen LogP contribution in [-0.4, -0.2) is 38.7 Å². The van der Waals surface area contributed by atoms with Gasteiger partial charge in [0.1, 0.15) is 0 Å². The van der Waals surface area contributed by atoms with E-state index in [1.807, 2.05) is 0 Å². The minimum atomic E-state index is -0.384. The molecule has 0 aliphatic heterocycles. The summed E-state index contributed by atoms with van der Waals surface area (Å²) < 4.78 is 15.6. The minimum absolute atomic E-state index is 0.277. The van der Waals surface area contributed by atoms with Crippen LogP contribution in [-0.2, 0) is 0 Å². The van der Waals surface area contributed by atoms with E-state index in [9.17, 15) is 0 Å². The Labute approximate surface area is 120 Å². The first-order valence-corrected chi connectivity index (χ1v) is 5.73. The molecule has 0 saturated carbocycles. The van der Waals surface area contributed by atoms with Gasteiger partial charge in [0.05, 0.1) is 32.6 Å². The van der Waals surface area contributed by atoms with Crippen molar-refractivity contribution in [3.8, 4) is 17.2 Å². The van der Waals surface area contributed by atoms with Gasteiger partial charge in [0, 0.05) is 5.56 Å². The van der Waals surface area contributed by atoms with Crippen molar-refractivity contribution in [2.45, 2.75) is 0 Å². The van der Waals surface area contributed by atoms with Crippen LogP contribution >= 0.6 is 11.6 Å². The maximum absolute atomic E-state index is 8.43. The highest BCUT2D eigenvalue weighted by Crippen LogP contribution is 2.44. The zero-order valence-corrected chi connectivity index (χ0v) is 11.9. The molecule has 0 aliphatic rings. The van der Waals surface area contributed by atoms with Gasteiger partial charge >= 0.3 is 0 Å². The molecular weight excluding hydrogens is 288 g/mol. The number of methoxy groups -OCH3 is 3. The molecule has 0 fully saturated rings. The molecule has 4 N–H and O–H groups in total. The standard InChI is InChI=1S/C11H15ClN4O4/c1-18-7-4-6(5-14-15-11(13)16-17)8(12)10(20-3)9(7)19-2/h4-5,17H,1-3H3,(H3,13,15,16). The minimum Gasteiger partial charge on any atom is -0.493 e. The molecule has 0 bridgehead atoms. The Balaban J connectivity index is 3.17. The highest BCUT2D eigenvalue weighted by Gasteiger charge is 2.18. The van der Waals surface area contributed by atoms with Gasteiger partial charge in [-0.3, -0.25) is 10.6 Å². The lowest BCUT2D eigenvalue weighted by Gasteiger charge is -2.14. The fourth-order valence-corrected chi connectivity index (χ4v) is 1.69. The average Bonchev–Trinajstić information content (AvgIpc) is 2.47. The Morgan fingerprint density at radius 1 is 1.30 bits per heavy atom. The van der Waals surface area contributed by atoms with Gasteiger partial charge in [-0.15, -0.1) is 0 Å². The van der Waals surface area contributed by atoms with Crippen molar-refractivity contribution in [1.82, 2.24) is 10.9 Å². The first-order chi connectivity index (χ1) is 9.58. The van der Waals surface area contributed by atoms with Gasteiger partial charge in [0.15, 0.2) is 11.5 Å². The van der Waals surface area contributed by atoms with E-state index in [1.165, 1.54) is 27.5 Å². The van der Waals surface area contributed by atoms with E-state index < -0.39 is 0 Å². The number of benzene rings is 1. The number of hydroxylamine groups is 1. The molecule has 0 aromatic heterocycles. The molecule has 0 aliphatic carbocycles. The number of hydrazone groups is 1. The third kappa shape index (κ3) is 3.43. The van der Waals surface area contributed by atoms with Gasteiger partial charge in [-0.05, 0) is 6.07 Å². The summed E-state index contributed by atoms with van der Waals surface area (Å²) in [7, 11) is 4.41. The fourth-order valence-electron chi connectivity index (χ4n) is 1.43. The number of hydrogen-bond acceptors (Lipinski definition) is 6. The molecule has 0 radical (unpaired) electrons. The summed E-state index contributed by atoms with van der Waals surface area (Å²) in [5.74, 6) is 0.718. The average molecular weight is 303 g/mol. The smallest absolute Gasteiger partial charge is 0.233 e. The first kappa shape index (κ1) is 15.9. The first-order valence-electron chi connectivity index (χ1n) is 5.35. The molecule has 0 spiro atoms. The number of guanidine groups is 1. The summed E-state index contributed by atoms with van der Waals surface area (Å²) in [6.07, 6.45) is 1.35. The van der Waals surface area contributed by atoms with Crippen LogP contribution < -0.4 is 25.1 Å². The van der Waals surface area contributed by atoms with Gasteiger partial charge < -0.3 is 14.2 Å². The molecule has 1 rings (SSSR count). The lowest BCUT2D eigenvalue weighted by atomic mass is 10.2. The molecule has 1 aromatic rings. The Hall–Kier alpha value is -2.19. The Morgan fingerprint density at radius 3 is 2.45 bits per heavy atom. The molecule has 0 atom stereocenters. The highest BCUT2D eigenvalue weighted by molar-refractivity contribution is 6.35. The van der Waals surface area contributed by atoms with Crippen LogP contribution in [0, 0.1) is 5.41 Å². The number of halogens is 1. The third-order valence-corrected chi connectivity index (χ3v) is 2.68. The largest absolute Gasteiger partial charge is 0.493 e. The number of ether oxygens (including phenoxy) is 3. The molecular formula is C11H15ClN4O4. The van der Waals surface area contributed by atoms with E-state index in [-0.39, 0.29) is 11.0 Å². The molecule has 20 heavy (non-hydrogen) atoms. The van der Waals surface area contributed by atoms with Crippen LogP contribution in [0.4, 0.5) is 0 Å². The van der Waals surface area contributed by atoms with Crippen LogP contribution in [0.1, 0.15) is 5.56 Å². The lowest BCUT2D eigenvalue weighted by Crippen LogP contribution is -2.30. The molecule has 110 valence electrons. The van der Waals surface area contributed by atoms with Crippen molar-refractivity contribution in [2.24, 2.45) is 5.10 Å². The Morgan fingerprint density at radius 2 is 1.95 bits per heavy atom. The molecule has 0 amide bonds. The van der Waals surface area contributed by atoms with E-state index in [0.29, 0.717) is 22.8 Å². The topological polar surface area (TPSA) is 108 Å². The van der Waals surface area contributed by atoms with E-state index in [4.69, 9.17) is 36.4 Å². The number of nitrogens with zero attached hydrogens (tertiary/aromatic N) is 1. The van der Waals surface area contributed by atoms with Crippen LogP contribution in [0.2, 0.25) is 5.02 Å². The van der Waals surface area contributed by atoms with Gasteiger partial charge in [0.2, 0.25) is 11.7 Å². The van der Waals surface area contributed by atoms with Gasteiger partial charge in [0.25, 0.3) is 0 Å².